The van der Waals surface area contributed by atoms with E-state index in [4.69, 9.17) is 28.4 Å². The van der Waals surface area contributed by atoms with Gasteiger partial charge in [0.1, 0.15) is 18.8 Å². The summed E-state index contributed by atoms with van der Waals surface area (Å²) in [6.07, 6.45) is 34.7. The van der Waals surface area contributed by atoms with Crippen molar-refractivity contribution in [1.29, 1.82) is 0 Å². The molecule has 0 radical (unpaired) electrons. The van der Waals surface area contributed by atoms with Gasteiger partial charge in [0.05, 0.1) is 13.2 Å². The van der Waals surface area contributed by atoms with Crippen LogP contribution in [-0.2, 0) is 47.6 Å². The van der Waals surface area contributed by atoms with E-state index in [1.807, 2.05) is 0 Å². The van der Waals surface area contributed by atoms with Gasteiger partial charge in [0.15, 0.2) is 0 Å². The summed E-state index contributed by atoms with van der Waals surface area (Å²) in [5.74, 6) is -1.37. The Morgan fingerprint density at radius 3 is 1.22 bits per heavy atom. The van der Waals surface area contributed by atoms with Gasteiger partial charge < -0.3 is 33.3 Å². The number of carbonyl (C=O) groups is 5. The Bertz CT molecular complexity index is 1310. The van der Waals surface area contributed by atoms with Gasteiger partial charge in [-0.05, 0) is 84.1 Å². The Balaban J connectivity index is 2.45. The lowest BCUT2D eigenvalue weighted by atomic mass is 10.0. The predicted octanol–water partition coefficient (Wildman–Crippen LogP) is 14.6. The number of rotatable bonds is 50. The van der Waals surface area contributed by atoms with Gasteiger partial charge in [-0.25, -0.2) is 9.59 Å². The predicted molar refractivity (Wildman–Crippen MR) is 290 cm³/mol. The molecule has 3 atom stereocenters. The summed E-state index contributed by atoms with van der Waals surface area (Å²) in [7, 11) is 2.08. The zero-order valence-corrected chi connectivity index (χ0v) is 47.1. The van der Waals surface area contributed by atoms with Crippen LogP contribution in [0.15, 0.2) is 0 Å². The Hall–Kier alpha value is -2.93. The third-order valence-electron chi connectivity index (χ3n) is 14.0. The summed E-state index contributed by atoms with van der Waals surface area (Å²) in [5.41, 5.74) is 0. The van der Waals surface area contributed by atoms with Crippen molar-refractivity contribution in [3.8, 4) is 0 Å². The molecule has 1 aliphatic rings. The van der Waals surface area contributed by atoms with Crippen molar-refractivity contribution in [3.63, 3.8) is 0 Å². The number of esters is 4. The van der Waals surface area contributed by atoms with E-state index in [1.54, 1.807) is 0 Å². The Morgan fingerprint density at radius 1 is 0.375 bits per heavy atom. The molecule has 1 aliphatic heterocycles. The first-order valence-electron chi connectivity index (χ1n) is 30.1. The highest BCUT2D eigenvalue weighted by Crippen LogP contribution is 2.20. The topological polar surface area (TPSA) is 147 Å². The van der Waals surface area contributed by atoms with Crippen molar-refractivity contribution in [2.45, 2.75) is 290 Å². The van der Waals surface area contributed by atoms with Crippen molar-refractivity contribution in [1.82, 2.24) is 9.80 Å². The van der Waals surface area contributed by atoms with Crippen molar-refractivity contribution < 1.29 is 52.4 Å². The quantitative estimate of drug-likeness (QED) is 0.0324. The van der Waals surface area contributed by atoms with Crippen LogP contribution in [0.4, 0.5) is 4.79 Å². The summed E-state index contributed by atoms with van der Waals surface area (Å²) in [5, 5.41) is 0. The second-order valence-electron chi connectivity index (χ2n) is 20.8. The van der Waals surface area contributed by atoms with E-state index in [2.05, 4.69) is 44.5 Å². The number of unbranched alkanes of at least 4 members (excludes halogenated alkanes) is 24. The highest BCUT2D eigenvalue weighted by molar-refractivity contribution is 5.78. The first-order chi connectivity index (χ1) is 35.1. The van der Waals surface area contributed by atoms with Crippen LogP contribution in [0.5, 0.6) is 0 Å². The lowest BCUT2D eigenvalue weighted by molar-refractivity contribution is -0.157. The molecule has 13 heteroatoms. The maximum absolute atomic E-state index is 13.2. The van der Waals surface area contributed by atoms with Gasteiger partial charge in [-0.1, -0.05) is 169 Å². The summed E-state index contributed by atoms with van der Waals surface area (Å²) in [4.78, 5) is 68.6. The fourth-order valence-electron chi connectivity index (χ4n) is 9.20. The van der Waals surface area contributed by atoms with Crippen LogP contribution in [0.2, 0.25) is 0 Å². The minimum absolute atomic E-state index is 0.0252. The fourth-order valence-corrected chi connectivity index (χ4v) is 9.20. The lowest BCUT2D eigenvalue weighted by Crippen LogP contribution is -2.45. The highest BCUT2D eigenvalue weighted by atomic mass is 16.7. The Kier molecular flexibility index (Phi) is 45.6. The number of piperazine rings is 1. The van der Waals surface area contributed by atoms with Gasteiger partial charge in [0.2, 0.25) is 6.10 Å². The number of hydrogen-bond donors (Lipinski definition) is 0. The molecule has 0 amide bonds. The maximum Gasteiger partial charge on any atom is 0.509 e. The average Bonchev–Trinajstić information content (AvgIpc) is 3.36. The minimum atomic E-state index is -1.30. The number of nitrogens with zero attached hydrogens (tertiary/aromatic N) is 2. The number of likely N-dealkylation sites (N-methyl/N-ethyl adjacent to an activating group) is 1. The second-order valence-corrected chi connectivity index (χ2v) is 20.8. The molecule has 0 aliphatic carbocycles. The standard InChI is InChI=1S/C59H110N2O11/c1-6-10-14-18-22-30-38-52(36-28-16-12-8-3)70-56(63)40-32-24-20-26-34-49-67-55(62)43-42-54(72-59(66)69-51-48-61-46-44-60(5)45-47-61)58(65)68-50-35-27-21-25-33-41-57(64)71-53(37-29-17-13-9-4)39-31-23-19-15-11-7-2/h52-54H,6-51H2,1-5H3. The van der Waals surface area contributed by atoms with Crippen LogP contribution in [0.25, 0.3) is 0 Å². The molecule has 1 saturated heterocycles. The Labute approximate surface area is 440 Å². The number of carbonyl (C=O) groups excluding carboxylic acids is 5. The minimum Gasteiger partial charge on any atom is -0.466 e. The molecule has 3 unspecified atom stereocenters. The van der Waals surface area contributed by atoms with Crippen LogP contribution >= 0.6 is 0 Å². The third-order valence-corrected chi connectivity index (χ3v) is 14.0. The van der Waals surface area contributed by atoms with Crippen molar-refractivity contribution in [3.05, 3.63) is 0 Å². The third kappa shape index (κ3) is 41.4. The molecule has 13 nitrogen and oxygen atoms in total. The lowest BCUT2D eigenvalue weighted by Gasteiger charge is -2.31. The summed E-state index contributed by atoms with van der Waals surface area (Å²) in [6.45, 7) is 13.6. The molecule has 0 spiro atoms. The largest absolute Gasteiger partial charge is 0.509 e. The van der Waals surface area contributed by atoms with Crippen molar-refractivity contribution >= 4 is 30.0 Å². The van der Waals surface area contributed by atoms with E-state index in [0.717, 1.165) is 129 Å². The van der Waals surface area contributed by atoms with Crippen LogP contribution in [0, 0.1) is 0 Å². The van der Waals surface area contributed by atoms with Gasteiger partial charge >= 0.3 is 30.0 Å². The normalized spacial score (nSPS) is 14.3. The summed E-state index contributed by atoms with van der Waals surface area (Å²) >= 11 is 0. The molecule has 422 valence electrons. The number of ether oxygens (including phenoxy) is 6. The molecule has 0 saturated carbocycles. The molecular weight excluding hydrogens is 913 g/mol. The molecule has 72 heavy (non-hydrogen) atoms. The van der Waals surface area contributed by atoms with E-state index in [0.29, 0.717) is 32.2 Å². The van der Waals surface area contributed by atoms with Gasteiger partial charge in [-0.2, -0.15) is 0 Å². The van der Waals surface area contributed by atoms with Crippen LogP contribution in [0.3, 0.4) is 0 Å². The molecule has 0 N–H and O–H groups in total. The smallest absolute Gasteiger partial charge is 0.466 e. The van der Waals surface area contributed by atoms with Gasteiger partial charge in [0, 0.05) is 58.4 Å². The Morgan fingerprint density at radius 2 is 0.764 bits per heavy atom. The van der Waals surface area contributed by atoms with E-state index >= 15 is 0 Å². The molecule has 0 bridgehead atoms. The summed E-state index contributed by atoms with van der Waals surface area (Å²) < 4.78 is 33.7. The fraction of sp³-hybridized carbons (Fsp3) is 0.915. The SMILES string of the molecule is CCCCCCCCC(CCCCCC)OC(=O)CCCCCCCOC(=O)CCC(OC(=O)OCCN1CCN(C)CC1)C(=O)OCCCCCCCC(=O)OC(CCCCCC)CCCCCCCC. The number of hydrogen-bond acceptors (Lipinski definition) is 13. The highest BCUT2D eigenvalue weighted by Gasteiger charge is 2.27. The molecule has 1 heterocycles. The van der Waals surface area contributed by atoms with E-state index in [-0.39, 0.29) is 56.8 Å². The van der Waals surface area contributed by atoms with Gasteiger partial charge in [-0.3, -0.25) is 19.3 Å². The second kappa shape index (κ2) is 49.0. The molecular formula is C59H110N2O11. The van der Waals surface area contributed by atoms with E-state index in [9.17, 15) is 24.0 Å². The van der Waals surface area contributed by atoms with E-state index < -0.39 is 24.2 Å². The van der Waals surface area contributed by atoms with Crippen molar-refractivity contribution in [2.24, 2.45) is 0 Å². The zero-order valence-electron chi connectivity index (χ0n) is 47.1. The van der Waals surface area contributed by atoms with Crippen LogP contribution in [-0.4, -0.2) is 118 Å². The molecule has 1 fully saturated rings. The summed E-state index contributed by atoms with van der Waals surface area (Å²) in [6, 6.07) is 0. The molecule has 0 aromatic rings. The van der Waals surface area contributed by atoms with Gasteiger partial charge in [-0.15, -0.1) is 0 Å². The zero-order chi connectivity index (χ0) is 52.5. The monoisotopic (exact) mass is 1020 g/mol. The van der Waals surface area contributed by atoms with E-state index in [1.165, 1.54) is 103 Å². The maximum atomic E-state index is 13.2. The first kappa shape index (κ1) is 67.1. The first-order valence-corrected chi connectivity index (χ1v) is 30.1. The van der Waals surface area contributed by atoms with Crippen molar-refractivity contribution in [2.75, 3.05) is 59.6 Å². The van der Waals surface area contributed by atoms with Gasteiger partial charge in [0.25, 0.3) is 0 Å². The van der Waals surface area contributed by atoms with Crippen LogP contribution < -0.4 is 0 Å². The molecule has 1 rings (SSSR count). The van der Waals surface area contributed by atoms with Crippen LogP contribution in [0.1, 0.15) is 272 Å². The molecule has 0 aromatic heterocycles. The molecule has 0 aromatic carbocycles. The average molecular weight is 1020 g/mol.